The standard InChI is InChI=1S/C23H23N3O5S2/c1-30-18-6-5-15(12-19(18)31-2)13-24-20(27)14-26-17-8-11-33-21(17)22(28)25(23(26)29)9-7-16-4-3-10-32-16/h3-6,8,10-12,21H,7,9,13-14H2,1-2H3/p+1. The van der Waals surface area contributed by atoms with Gasteiger partial charge >= 0.3 is 11.9 Å². The van der Waals surface area contributed by atoms with Crippen LogP contribution in [0.2, 0.25) is 0 Å². The topological polar surface area (TPSA) is 88.0 Å². The number of thiophene rings is 1. The molecule has 0 fully saturated rings. The van der Waals surface area contributed by atoms with E-state index in [0.29, 0.717) is 23.6 Å². The second-order valence-corrected chi connectivity index (χ2v) is 9.45. The molecule has 8 nitrogen and oxygen atoms in total. The lowest BCUT2D eigenvalue weighted by Gasteiger charge is -2.24. The quantitative estimate of drug-likeness (QED) is 0.549. The molecule has 0 spiro atoms. The molecular formula is C23H24N3O5S2+. The normalized spacial score (nSPS) is 17.4. The number of hydrogen-bond donors (Lipinski definition) is 1. The summed E-state index contributed by atoms with van der Waals surface area (Å²) in [5.41, 5.74) is 1.39. The molecule has 2 aliphatic heterocycles. The molecule has 1 N–H and O–H groups in total. The molecule has 3 heterocycles. The predicted molar refractivity (Wildman–Crippen MR) is 127 cm³/mol. The zero-order valence-electron chi connectivity index (χ0n) is 18.3. The molecule has 4 amide bonds. The number of nitrogens with zero attached hydrogens (tertiary/aromatic N) is 2. The van der Waals surface area contributed by atoms with Crippen molar-refractivity contribution in [3.63, 3.8) is 0 Å². The number of imide groups is 1. The number of benzene rings is 1. The number of urea groups is 1. The van der Waals surface area contributed by atoms with Crippen molar-refractivity contribution < 1.29 is 28.4 Å². The van der Waals surface area contributed by atoms with E-state index >= 15 is 0 Å². The second-order valence-electron chi connectivity index (χ2n) is 7.40. The molecule has 0 aliphatic carbocycles. The van der Waals surface area contributed by atoms with Crippen LogP contribution in [0.5, 0.6) is 11.5 Å². The van der Waals surface area contributed by atoms with Gasteiger partial charge in [0.15, 0.2) is 23.3 Å². The van der Waals surface area contributed by atoms with Gasteiger partial charge in [0.25, 0.3) is 5.91 Å². The summed E-state index contributed by atoms with van der Waals surface area (Å²) in [6, 6.07) is 8.85. The summed E-state index contributed by atoms with van der Waals surface area (Å²) in [6.07, 6.45) is 2.33. The number of carbonyl (C=O) groups excluding carboxylic acids is 3. The molecule has 0 bridgehead atoms. The maximum Gasteiger partial charge on any atom is 0.501 e. The summed E-state index contributed by atoms with van der Waals surface area (Å²) >= 11 is 2.94. The number of ether oxygens (including phenoxy) is 2. The molecule has 172 valence electrons. The number of thioether (sulfide) groups is 1. The van der Waals surface area contributed by atoms with Gasteiger partial charge in [-0.05, 0) is 40.6 Å². The highest BCUT2D eigenvalue weighted by atomic mass is 32.2. The van der Waals surface area contributed by atoms with Crippen molar-refractivity contribution in [2.24, 2.45) is 0 Å². The molecule has 2 aliphatic rings. The number of methoxy groups -OCH3 is 2. The van der Waals surface area contributed by atoms with Gasteiger partial charge in [0.2, 0.25) is 0 Å². The summed E-state index contributed by atoms with van der Waals surface area (Å²) in [6.45, 7) is 0.392. The number of amides is 4. The van der Waals surface area contributed by atoms with Gasteiger partial charge in [-0.3, -0.25) is 4.79 Å². The van der Waals surface area contributed by atoms with Gasteiger partial charge < -0.3 is 14.8 Å². The molecule has 10 heteroatoms. The van der Waals surface area contributed by atoms with Crippen molar-refractivity contribution in [1.82, 2.24) is 10.2 Å². The van der Waals surface area contributed by atoms with Crippen LogP contribution >= 0.6 is 23.1 Å². The van der Waals surface area contributed by atoms with Crippen molar-refractivity contribution in [1.29, 1.82) is 0 Å². The zero-order valence-corrected chi connectivity index (χ0v) is 19.9. The number of allylic oxidation sites excluding steroid dienone is 1. The van der Waals surface area contributed by atoms with Gasteiger partial charge in [-0.1, -0.05) is 12.1 Å². The van der Waals surface area contributed by atoms with Gasteiger partial charge in [-0.2, -0.15) is 14.3 Å². The Morgan fingerprint density at radius 1 is 1.18 bits per heavy atom. The molecule has 1 aromatic carbocycles. The van der Waals surface area contributed by atoms with Crippen molar-refractivity contribution in [2.45, 2.75) is 18.2 Å². The number of carbonyl (C=O) groups is 3. The van der Waals surface area contributed by atoms with Crippen LogP contribution in [0.1, 0.15) is 10.4 Å². The fourth-order valence-corrected chi connectivity index (χ4v) is 5.35. The first-order valence-corrected chi connectivity index (χ1v) is 12.2. The third-order valence-corrected chi connectivity index (χ3v) is 7.33. The maximum absolute atomic E-state index is 13.2. The Morgan fingerprint density at radius 3 is 2.73 bits per heavy atom. The van der Waals surface area contributed by atoms with E-state index in [9.17, 15) is 14.4 Å². The molecule has 1 unspecified atom stereocenters. The van der Waals surface area contributed by atoms with Crippen molar-refractivity contribution in [3.8, 4) is 11.5 Å². The SMILES string of the molecule is COc1ccc(CNC(=O)C[N+]2=C3C=CSC3C(=O)N(CCc3cccs3)C2=O)cc1OC. The van der Waals surface area contributed by atoms with Gasteiger partial charge in [0.05, 0.1) is 14.2 Å². The fraction of sp³-hybridized carbons (Fsp3) is 0.304. The smallest absolute Gasteiger partial charge is 0.493 e. The molecule has 0 saturated heterocycles. The molecule has 0 radical (unpaired) electrons. The average Bonchev–Trinajstić information content (AvgIpc) is 3.52. The van der Waals surface area contributed by atoms with E-state index in [2.05, 4.69) is 5.32 Å². The third-order valence-electron chi connectivity index (χ3n) is 5.39. The molecular weight excluding hydrogens is 462 g/mol. The second kappa shape index (κ2) is 10.2. The highest BCUT2D eigenvalue weighted by Crippen LogP contribution is 2.29. The van der Waals surface area contributed by atoms with E-state index in [1.165, 1.54) is 21.2 Å². The first-order chi connectivity index (χ1) is 16.0. The Balaban J connectivity index is 1.44. The van der Waals surface area contributed by atoms with Gasteiger partial charge in [0.1, 0.15) is 12.3 Å². The summed E-state index contributed by atoms with van der Waals surface area (Å²) in [5.74, 6) is 0.624. The van der Waals surface area contributed by atoms with E-state index in [0.717, 1.165) is 10.4 Å². The highest BCUT2D eigenvalue weighted by Gasteiger charge is 2.49. The van der Waals surface area contributed by atoms with Crippen molar-refractivity contribution in [3.05, 3.63) is 57.6 Å². The van der Waals surface area contributed by atoms with E-state index in [1.54, 1.807) is 49.2 Å². The van der Waals surface area contributed by atoms with Crippen LogP contribution in [0.3, 0.4) is 0 Å². The Hall–Kier alpha value is -3.11. The minimum atomic E-state index is -0.496. The number of nitrogens with one attached hydrogen (secondary N) is 1. The largest absolute Gasteiger partial charge is 0.501 e. The Labute approximate surface area is 199 Å². The van der Waals surface area contributed by atoms with Crippen LogP contribution in [0.15, 0.2) is 47.2 Å². The molecule has 33 heavy (non-hydrogen) atoms. The highest BCUT2D eigenvalue weighted by molar-refractivity contribution is 8.04. The van der Waals surface area contributed by atoms with Gasteiger partial charge in [-0.15, -0.1) is 23.1 Å². The summed E-state index contributed by atoms with van der Waals surface area (Å²) in [5, 5.41) is 6.10. The predicted octanol–water partition coefficient (Wildman–Crippen LogP) is 2.67. The number of rotatable bonds is 9. The molecule has 1 aromatic heterocycles. The fourth-order valence-electron chi connectivity index (χ4n) is 3.69. The third kappa shape index (κ3) is 4.96. The van der Waals surface area contributed by atoms with Gasteiger partial charge in [0, 0.05) is 17.8 Å². The van der Waals surface area contributed by atoms with Crippen LogP contribution in [0, 0.1) is 0 Å². The monoisotopic (exact) mass is 486 g/mol. The first kappa shape index (κ1) is 23.1. The maximum atomic E-state index is 13.2. The number of fused-ring (bicyclic) bond motifs is 1. The van der Waals surface area contributed by atoms with Crippen LogP contribution in [-0.4, -0.2) is 65.6 Å². The average molecular weight is 487 g/mol. The van der Waals surface area contributed by atoms with Crippen LogP contribution in [-0.2, 0) is 22.6 Å². The lowest BCUT2D eigenvalue weighted by molar-refractivity contribution is -0.426. The van der Waals surface area contributed by atoms with Crippen molar-refractivity contribution >= 4 is 46.7 Å². The number of hydrogen-bond acceptors (Lipinski definition) is 7. The van der Waals surface area contributed by atoms with E-state index in [4.69, 9.17) is 9.47 Å². The summed E-state index contributed by atoms with van der Waals surface area (Å²) in [7, 11) is 3.11. The molecule has 1 atom stereocenters. The summed E-state index contributed by atoms with van der Waals surface area (Å²) in [4.78, 5) is 41.2. The zero-order chi connectivity index (χ0) is 23.4. The lowest BCUT2D eigenvalue weighted by atomic mass is 10.1. The Morgan fingerprint density at radius 2 is 2.00 bits per heavy atom. The summed E-state index contributed by atoms with van der Waals surface area (Å²) < 4.78 is 11.9. The minimum absolute atomic E-state index is 0.161. The molecule has 2 aromatic rings. The lowest BCUT2D eigenvalue weighted by Crippen LogP contribution is -2.57. The van der Waals surface area contributed by atoms with Crippen LogP contribution in [0.4, 0.5) is 4.79 Å². The van der Waals surface area contributed by atoms with E-state index in [-0.39, 0.29) is 31.4 Å². The molecule has 0 saturated carbocycles. The molecule has 4 rings (SSSR count). The minimum Gasteiger partial charge on any atom is -0.493 e. The Kier molecular flexibility index (Phi) is 7.14. The van der Waals surface area contributed by atoms with E-state index in [1.807, 2.05) is 23.6 Å². The van der Waals surface area contributed by atoms with E-state index < -0.39 is 11.3 Å². The Bertz CT molecular complexity index is 1130. The van der Waals surface area contributed by atoms with Crippen LogP contribution < -0.4 is 14.8 Å². The van der Waals surface area contributed by atoms with Gasteiger partial charge in [-0.25, -0.2) is 4.79 Å². The van der Waals surface area contributed by atoms with Crippen molar-refractivity contribution in [2.75, 3.05) is 27.3 Å². The van der Waals surface area contributed by atoms with Crippen LogP contribution in [0.25, 0.3) is 0 Å². The first-order valence-electron chi connectivity index (χ1n) is 10.3.